The predicted octanol–water partition coefficient (Wildman–Crippen LogP) is 1.84. The summed E-state index contributed by atoms with van der Waals surface area (Å²) in [7, 11) is -2.07. The number of amides is 1. The Bertz CT molecular complexity index is 608. The van der Waals surface area contributed by atoms with Gasteiger partial charge in [-0.2, -0.15) is 4.31 Å². The monoisotopic (exact) mass is 326 g/mol. The van der Waals surface area contributed by atoms with Crippen molar-refractivity contribution in [3.05, 3.63) is 24.3 Å². The first-order valence-electron chi connectivity index (χ1n) is 7.43. The third-order valence-electron chi connectivity index (χ3n) is 3.60. The van der Waals surface area contributed by atoms with Gasteiger partial charge in [-0.1, -0.05) is 18.9 Å². The van der Waals surface area contributed by atoms with Crippen molar-refractivity contribution in [3.63, 3.8) is 0 Å². The normalized spacial score (nSPS) is 17.0. The Kier molecular flexibility index (Phi) is 5.93. The number of carbonyl (C=O) groups is 1. The Morgan fingerprint density at radius 1 is 1.23 bits per heavy atom. The van der Waals surface area contributed by atoms with Crippen molar-refractivity contribution in [2.45, 2.75) is 30.6 Å². The molecule has 122 valence electrons. The second kappa shape index (κ2) is 7.71. The van der Waals surface area contributed by atoms with E-state index in [9.17, 15) is 13.2 Å². The lowest BCUT2D eigenvalue weighted by atomic mass is 10.2. The van der Waals surface area contributed by atoms with Crippen LogP contribution in [0, 0.1) is 0 Å². The fourth-order valence-electron chi connectivity index (χ4n) is 2.49. The number of carbonyl (C=O) groups excluding carboxylic acids is 1. The predicted molar refractivity (Wildman–Crippen MR) is 84.2 cm³/mol. The molecule has 1 aromatic rings. The standard InChI is InChI=1S/C15H22N2O4S/c1-21-12-15(18)16-13-7-6-8-14(11-13)22(19,20)17-9-4-2-3-5-10-17/h6-8,11H,2-5,9-10,12H2,1H3,(H,16,18). The molecule has 7 heteroatoms. The molecule has 0 unspecified atom stereocenters. The Balaban J connectivity index is 2.18. The molecule has 1 aliphatic heterocycles. The first-order valence-corrected chi connectivity index (χ1v) is 8.87. The van der Waals surface area contributed by atoms with Gasteiger partial charge in [-0.3, -0.25) is 4.79 Å². The molecule has 0 spiro atoms. The van der Waals surface area contributed by atoms with Gasteiger partial charge in [0, 0.05) is 25.9 Å². The van der Waals surface area contributed by atoms with Gasteiger partial charge in [-0.05, 0) is 31.0 Å². The van der Waals surface area contributed by atoms with E-state index in [0.717, 1.165) is 25.7 Å². The van der Waals surface area contributed by atoms with Gasteiger partial charge >= 0.3 is 0 Å². The van der Waals surface area contributed by atoms with Gasteiger partial charge in [0.2, 0.25) is 15.9 Å². The number of hydrogen-bond acceptors (Lipinski definition) is 4. The first-order chi connectivity index (χ1) is 10.5. The number of methoxy groups -OCH3 is 1. The van der Waals surface area contributed by atoms with Crippen LogP contribution in [0.1, 0.15) is 25.7 Å². The molecule has 1 N–H and O–H groups in total. The third kappa shape index (κ3) is 4.28. The van der Waals surface area contributed by atoms with Gasteiger partial charge in [-0.15, -0.1) is 0 Å². The highest BCUT2D eigenvalue weighted by molar-refractivity contribution is 7.89. The Hall–Kier alpha value is -1.44. The largest absolute Gasteiger partial charge is 0.375 e. The summed E-state index contributed by atoms with van der Waals surface area (Å²) in [6.45, 7) is 1.05. The number of ether oxygens (including phenoxy) is 1. The maximum absolute atomic E-state index is 12.7. The summed E-state index contributed by atoms with van der Waals surface area (Å²) in [5, 5.41) is 2.62. The molecule has 0 radical (unpaired) electrons. The lowest BCUT2D eigenvalue weighted by molar-refractivity contribution is -0.119. The van der Waals surface area contributed by atoms with Crippen LogP contribution < -0.4 is 5.32 Å². The zero-order valence-electron chi connectivity index (χ0n) is 12.7. The molecule has 0 saturated carbocycles. The van der Waals surface area contributed by atoms with Crippen molar-refractivity contribution in [2.24, 2.45) is 0 Å². The summed E-state index contributed by atoms with van der Waals surface area (Å²) in [5.74, 6) is -0.313. The molecule has 1 aliphatic rings. The van der Waals surface area contributed by atoms with E-state index >= 15 is 0 Å². The second-order valence-electron chi connectivity index (χ2n) is 5.33. The van der Waals surface area contributed by atoms with Crippen LogP contribution in [-0.2, 0) is 19.6 Å². The van der Waals surface area contributed by atoms with Crippen LogP contribution in [0.15, 0.2) is 29.2 Å². The highest BCUT2D eigenvalue weighted by atomic mass is 32.2. The molecule has 1 amide bonds. The molecule has 1 aromatic carbocycles. The highest BCUT2D eigenvalue weighted by Gasteiger charge is 2.25. The van der Waals surface area contributed by atoms with E-state index in [-0.39, 0.29) is 17.4 Å². The van der Waals surface area contributed by atoms with Crippen LogP contribution in [0.3, 0.4) is 0 Å². The number of hydrogen-bond donors (Lipinski definition) is 1. The number of benzene rings is 1. The number of nitrogens with one attached hydrogen (secondary N) is 1. The van der Waals surface area contributed by atoms with E-state index in [4.69, 9.17) is 4.74 Å². The lowest BCUT2D eigenvalue weighted by Crippen LogP contribution is -2.32. The lowest BCUT2D eigenvalue weighted by Gasteiger charge is -2.20. The summed E-state index contributed by atoms with van der Waals surface area (Å²) in [6, 6.07) is 6.35. The first kappa shape index (κ1) is 16.9. The van der Waals surface area contributed by atoms with E-state index in [1.54, 1.807) is 18.2 Å². The fourth-order valence-corrected chi connectivity index (χ4v) is 4.06. The van der Waals surface area contributed by atoms with Crippen LogP contribution in [-0.4, -0.2) is 45.4 Å². The van der Waals surface area contributed by atoms with Crippen molar-refractivity contribution >= 4 is 21.6 Å². The van der Waals surface area contributed by atoms with Crippen molar-refractivity contribution in [1.29, 1.82) is 0 Å². The zero-order chi connectivity index (χ0) is 16.0. The summed E-state index contributed by atoms with van der Waals surface area (Å²) in [4.78, 5) is 11.7. The number of sulfonamides is 1. The molecule has 0 aliphatic carbocycles. The molecule has 1 fully saturated rings. The van der Waals surface area contributed by atoms with E-state index < -0.39 is 10.0 Å². The zero-order valence-corrected chi connectivity index (χ0v) is 13.6. The molecule has 6 nitrogen and oxygen atoms in total. The molecule has 0 bridgehead atoms. The third-order valence-corrected chi connectivity index (χ3v) is 5.49. The summed E-state index contributed by atoms with van der Waals surface area (Å²) in [6.07, 6.45) is 3.92. The van der Waals surface area contributed by atoms with Crippen molar-refractivity contribution < 1.29 is 17.9 Å². The number of anilines is 1. The minimum Gasteiger partial charge on any atom is -0.375 e. The van der Waals surface area contributed by atoms with E-state index in [0.29, 0.717) is 18.8 Å². The van der Waals surface area contributed by atoms with E-state index in [1.165, 1.54) is 17.5 Å². The van der Waals surface area contributed by atoms with Gasteiger partial charge in [0.15, 0.2) is 0 Å². The summed E-state index contributed by atoms with van der Waals surface area (Å²) < 4.78 is 31.7. The fraction of sp³-hybridized carbons (Fsp3) is 0.533. The van der Waals surface area contributed by atoms with Gasteiger partial charge in [0.05, 0.1) is 4.90 Å². The van der Waals surface area contributed by atoms with Gasteiger partial charge in [0.1, 0.15) is 6.61 Å². The van der Waals surface area contributed by atoms with E-state index in [1.807, 2.05) is 0 Å². The van der Waals surface area contributed by atoms with Gasteiger partial charge in [0.25, 0.3) is 0 Å². The van der Waals surface area contributed by atoms with Crippen LogP contribution >= 0.6 is 0 Å². The molecule has 1 heterocycles. The second-order valence-corrected chi connectivity index (χ2v) is 7.27. The minimum absolute atomic E-state index is 0.0664. The Morgan fingerprint density at radius 2 is 1.91 bits per heavy atom. The van der Waals surface area contributed by atoms with E-state index in [2.05, 4.69) is 5.32 Å². The molecule has 0 atom stereocenters. The molecule has 22 heavy (non-hydrogen) atoms. The van der Waals surface area contributed by atoms with Crippen LogP contribution in [0.2, 0.25) is 0 Å². The van der Waals surface area contributed by atoms with Crippen LogP contribution in [0.5, 0.6) is 0 Å². The topological polar surface area (TPSA) is 75.7 Å². The Morgan fingerprint density at radius 3 is 2.55 bits per heavy atom. The minimum atomic E-state index is -3.51. The molecule has 0 aromatic heterocycles. The summed E-state index contributed by atoms with van der Waals surface area (Å²) in [5.41, 5.74) is 0.456. The average molecular weight is 326 g/mol. The van der Waals surface area contributed by atoms with Crippen molar-refractivity contribution in [2.75, 3.05) is 32.1 Å². The van der Waals surface area contributed by atoms with Crippen molar-refractivity contribution in [3.8, 4) is 0 Å². The van der Waals surface area contributed by atoms with Crippen LogP contribution in [0.25, 0.3) is 0 Å². The molecule has 1 saturated heterocycles. The smallest absolute Gasteiger partial charge is 0.250 e. The highest BCUT2D eigenvalue weighted by Crippen LogP contribution is 2.22. The molecular formula is C15H22N2O4S. The summed E-state index contributed by atoms with van der Waals surface area (Å²) >= 11 is 0. The van der Waals surface area contributed by atoms with Gasteiger partial charge < -0.3 is 10.1 Å². The van der Waals surface area contributed by atoms with Crippen LogP contribution in [0.4, 0.5) is 5.69 Å². The quantitative estimate of drug-likeness (QED) is 0.896. The maximum Gasteiger partial charge on any atom is 0.250 e. The number of nitrogens with zero attached hydrogens (tertiary/aromatic N) is 1. The Labute approximate surface area is 131 Å². The average Bonchev–Trinajstić information content (AvgIpc) is 2.77. The van der Waals surface area contributed by atoms with Crippen molar-refractivity contribution in [1.82, 2.24) is 4.31 Å². The maximum atomic E-state index is 12.7. The molecule has 2 rings (SSSR count). The molecular weight excluding hydrogens is 304 g/mol. The number of rotatable bonds is 5. The van der Waals surface area contributed by atoms with Gasteiger partial charge in [-0.25, -0.2) is 8.42 Å². The SMILES string of the molecule is COCC(=O)Nc1cccc(S(=O)(=O)N2CCCCCC2)c1.